The molecule has 5 aromatic carbocycles. The van der Waals surface area contributed by atoms with Crippen LogP contribution in [0.3, 0.4) is 0 Å². The van der Waals surface area contributed by atoms with Crippen molar-refractivity contribution in [3.63, 3.8) is 0 Å². The van der Waals surface area contributed by atoms with Crippen LogP contribution in [0.5, 0.6) is 0 Å². The van der Waals surface area contributed by atoms with Gasteiger partial charge in [-0.15, -0.1) is 0 Å². The number of amides is 3. The first kappa shape index (κ1) is 47.1. The highest BCUT2D eigenvalue weighted by molar-refractivity contribution is 7.91. The Kier molecular flexibility index (Phi) is 14.7. The Balaban J connectivity index is 1.23. The molecular weight excluding hydrogens is 855 g/mol. The Morgan fingerprint density at radius 3 is 2.03 bits per heavy atom. The smallest absolute Gasteiger partial charge is 0.412 e. The highest BCUT2D eigenvalue weighted by Gasteiger charge is 2.41. The largest absolute Gasteiger partial charge is 0.444 e. The minimum atomic E-state index is -4.29. The van der Waals surface area contributed by atoms with E-state index in [2.05, 4.69) is 20.6 Å². The van der Waals surface area contributed by atoms with Gasteiger partial charge in [-0.1, -0.05) is 90.0 Å². The summed E-state index contributed by atoms with van der Waals surface area (Å²) in [4.78, 5) is 49.9. The van der Waals surface area contributed by atoms with E-state index in [4.69, 9.17) is 8.92 Å². The molecule has 1 unspecified atom stereocenters. The molecule has 0 aliphatic rings. The maximum atomic E-state index is 14.3. The Hall–Kier alpha value is -6.36. The molecule has 64 heavy (non-hydrogen) atoms. The van der Waals surface area contributed by atoms with E-state index in [9.17, 15) is 31.2 Å². The fourth-order valence-corrected chi connectivity index (χ4v) is 9.65. The summed E-state index contributed by atoms with van der Waals surface area (Å²) < 4.78 is 65.5. The molecule has 1 heterocycles. The standard InChI is InChI=1S/C48H53N5O9S2/c1-32-16-24-38(25-17-32)63(57,58)46(43-49-28-29-50-43)53(47(56)62-48(4,5)6)31-35-20-22-37(23-21-35)44(54)52-42(15-10-30-61-64(59,60)39-26-18-33(2)19-27-39)45(55)51-34(3)40-14-9-12-36-11-7-8-13-41(36)40/h7-9,11-14,16-29,34,42,46H,10,15,30-31H2,1-6H3,(H,49,50)(H,51,55)(H,52,54)/t34-,42-,46?/m0/s1. The van der Waals surface area contributed by atoms with Crippen molar-refractivity contribution in [1.82, 2.24) is 25.5 Å². The highest BCUT2D eigenvalue weighted by atomic mass is 32.2. The monoisotopic (exact) mass is 907 g/mol. The van der Waals surface area contributed by atoms with E-state index in [1.165, 1.54) is 48.8 Å². The molecule has 0 bridgehead atoms. The summed E-state index contributed by atoms with van der Waals surface area (Å²) in [7, 11) is -8.35. The number of hydrogen-bond acceptors (Lipinski definition) is 10. The number of hydrogen-bond donors (Lipinski definition) is 3. The van der Waals surface area contributed by atoms with Gasteiger partial charge in [0.05, 0.1) is 29.0 Å². The van der Waals surface area contributed by atoms with E-state index in [0.29, 0.717) is 5.56 Å². The summed E-state index contributed by atoms with van der Waals surface area (Å²) in [5.74, 6) is -1.09. The number of aromatic nitrogens is 2. The van der Waals surface area contributed by atoms with Crippen LogP contribution in [0, 0.1) is 13.8 Å². The summed E-state index contributed by atoms with van der Waals surface area (Å²) in [5.41, 5.74) is 2.27. The lowest BCUT2D eigenvalue weighted by Gasteiger charge is -2.32. The Morgan fingerprint density at radius 1 is 0.781 bits per heavy atom. The summed E-state index contributed by atoms with van der Waals surface area (Å²) >= 11 is 0. The second-order valence-corrected chi connectivity index (χ2v) is 20.2. The third kappa shape index (κ3) is 11.8. The van der Waals surface area contributed by atoms with Crippen molar-refractivity contribution in [2.45, 2.75) is 93.8 Å². The van der Waals surface area contributed by atoms with Gasteiger partial charge in [0.25, 0.3) is 16.0 Å². The van der Waals surface area contributed by atoms with E-state index < -0.39 is 60.9 Å². The number of aryl methyl sites for hydroxylation is 2. The van der Waals surface area contributed by atoms with Crippen LogP contribution in [-0.2, 0) is 40.2 Å². The SMILES string of the molecule is Cc1ccc(S(=O)(=O)OCCC[C@H](NC(=O)c2ccc(CN(C(=O)OC(C)(C)C)C(c3ncc[nH]3)S(=O)(=O)c3ccc(C)cc3)cc2)C(=O)N[C@@H](C)c2cccc3ccccc23)cc1. The molecular formula is C48H53N5O9S2. The number of nitrogens with one attached hydrogen (secondary N) is 3. The van der Waals surface area contributed by atoms with Crippen molar-refractivity contribution in [2.24, 2.45) is 0 Å². The average Bonchev–Trinajstić information content (AvgIpc) is 3.78. The zero-order valence-corrected chi connectivity index (χ0v) is 38.2. The quantitative estimate of drug-likeness (QED) is 0.0593. The van der Waals surface area contributed by atoms with Crippen LogP contribution in [0.25, 0.3) is 10.8 Å². The van der Waals surface area contributed by atoms with Crippen LogP contribution in [0.15, 0.2) is 137 Å². The molecule has 3 N–H and O–H groups in total. The molecule has 0 radical (unpaired) electrons. The zero-order valence-electron chi connectivity index (χ0n) is 36.6. The Labute approximate surface area is 374 Å². The van der Waals surface area contributed by atoms with Gasteiger partial charge in [0.15, 0.2) is 5.37 Å². The number of nitrogens with zero attached hydrogens (tertiary/aromatic N) is 2. The molecule has 0 spiro atoms. The molecule has 0 saturated carbocycles. The predicted molar refractivity (Wildman–Crippen MR) is 243 cm³/mol. The number of benzene rings is 5. The first-order valence-corrected chi connectivity index (χ1v) is 23.7. The lowest BCUT2D eigenvalue weighted by atomic mass is 9.99. The molecule has 14 nitrogen and oxygen atoms in total. The van der Waals surface area contributed by atoms with Crippen molar-refractivity contribution >= 4 is 48.6 Å². The highest BCUT2D eigenvalue weighted by Crippen LogP contribution is 2.34. The Bertz CT molecular complexity index is 2790. The molecule has 3 atom stereocenters. The van der Waals surface area contributed by atoms with Crippen molar-refractivity contribution in [1.29, 1.82) is 0 Å². The average molecular weight is 908 g/mol. The number of carbonyl (C=O) groups is 3. The molecule has 16 heteroatoms. The maximum Gasteiger partial charge on any atom is 0.412 e. The molecule has 1 aromatic heterocycles. The minimum Gasteiger partial charge on any atom is -0.444 e. The van der Waals surface area contributed by atoms with Gasteiger partial charge in [0, 0.05) is 18.0 Å². The van der Waals surface area contributed by atoms with E-state index >= 15 is 0 Å². The van der Waals surface area contributed by atoms with Crippen LogP contribution >= 0.6 is 0 Å². The number of rotatable bonds is 17. The molecule has 336 valence electrons. The normalized spacial score (nSPS) is 13.4. The van der Waals surface area contributed by atoms with Crippen molar-refractivity contribution in [3.05, 3.63) is 161 Å². The van der Waals surface area contributed by atoms with Crippen molar-refractivity contribution in [2.75, 3.05) is 6.61 Å². The number of ether oxygens (including phenoxy) is 1. The summed E-state index contributed by atoms with van der Waals surface area (Å²) in [6, 6.07) is 30.7. The van der Waals surface area contributed by atoms with E-state index in [1.54, 1.807) is 57.2 Å². The van der Waals surface area contributed by atoms with Crippen LogP contribution in [0.2, 0.25) is 0 Å². The number of fused-ring (bicyclic) bond motifs is 1. The van der Waals surface area contributed by atoms with Gasteiger partial charge < -0.3 is 20.4 Å². The molecule has 0 aliphatic heterocycles. The Morgan fingerprint density at radius 2 is 1.41 bits per heavy atom. The number of sulfone groups is 1. The van der Waals surface area contributed by atoms with Gasteiger partial charge in [-0.25, -0.2) is 18.2 Å². The molecule has 0 fully saturated rings. The first-order chi connectivity index (χ1) is 30.3. The second kappa shape index (κ2) is 20.0. The zero-order chi connectivity index (χ0) is 46.2. The van der Waals surface area contributed by atoms with Gasteiger partial charge in [0.2, 0.25) is 15.7 Å². The third-order valence-electron chi connectivity index (χ3n) is 10.3. The topological polar surface area (TPSA) is 194 Å². The summed E-state index contributed by atoms with van der Waals surface area (Å²) in [5, 5.41) is 6.18. The van der Waals surface area contributed by atoms with Crippen molar-refractivity contribution < 1.29 is 40.1 Å². The van der Waals surface area contributed by atoms with Gasteiger partial charge in [0.1, 0.15) is 17.5 Å². The van der Waals surface area contributed by atoms with E-state index in [1.807, 2.05) is 63.2 Å². The summed E-state index contributed by atoms with van der Waals surface area (Å²) in [6.45, 7) is 10.0. The number of carbonyl (C=O) groups excluding carboxylic acids is 3. The molecule has 6 rings (SSSR count). The van der Waals surface area contributed by atoms with Gasteiger partial charge in [-0.05, 0) is 113 Å². The number of H-pyrrole nitrogens is 1. The minimum absolute atomic E-state index is 0.000307. The fraction of sp³-hybridized carbons (Fsp3) is 0.292. The van der Waals surface area contributed by atoms with Gasteiger partial charge in [-0.2, -0.15) is 8.42 Å². The number of imidazole rings is 1. The fourth-order valence-electron chi connectivity index (χ4n) is 7.01. The molecule has 0 aliphatic carbocycles. The second-order valence-electron chi connectivity index (χ2n) is 16.5. The van der Waals surface area contributed by atoms with Gasteiger partial charge >= 0.3 is 6.09 Å². The molecule has 6 aromatic rings. The van der Waals surface area contributed by atoms with Gasteiger partial charge in [-0.3, -0.25) is 18.7 Å². The van der Waals surface area contributed by atoms with Crippen LogP contribution in [-0.4, -0.2) is 67.9 Å². The number of aromatic amines is 1. The molecule has 0 saturated heterocycles. The van der Waals surface area contributed by atoms with E-state index in [0.717, 1.165) is 32.4 Å². The van der Waals surface area contributed by atoms with Crippen molar-refractivity contribution in [3.8, 4) is 0 Å². The molecule has 3 amide bonds. The maximum absolute atomic E-state index is 14.3. The first-order valence-electron chi connectivity index (χ1n) is 20.8. The predicted octanol–water partition coefficient (Wildman–Crippen LogP) is 8.25. The van der Waals surface area contributed by atoms with Crippen LogP contribution in [0.4, 0.5) is 4.79 Å². The lowest BCUT2D eigenvalue weighted by molar-refractivity contribution is -0.123. The van der Waals surface area contributed by atoms with Crippen LogP contribution < -0.4 is 10.6 Å². The van der Waals surface area contributed by atoms with E-state index in [-0.39, 0.29) is 47.2 Å². The van der Waals surface area contributed by atoms with Crippen LogP contribution in [0.1, 0.15) is 90.4 Å². The summed E-state index contributed by atoms with van der Waals surface area (Å²) in [6.07, 6.45) is 2.09. The lowest BCUT2D eigenvalue weighted by Crippen LogP contribution is -2.47. The third-order valence-corrected chi connectivity index (χ3v) is 13.7.